The van der Waals surface area contributed by atoms with Crippen LogP contribution in [-0.2, 0) is 9.84 Å². The minimum atomic E-state index is -3.34. The van der Waals surface area contributed by atoms with Crippen LogP contribution in [0.1, 0.15) is 12.8 Å². The molecule has 0 aromatic carbocycles. The fraction of sp³-hybridized carbons (Fsp3) is 0.375. The second kappa shape index (κ2) is 6.61. The average molecular weight is 374 g/mol. The molecule has 0 unspecified atom stereocenters. The maximum absolute atomic E-state index is 11.6. The van der Waals surface area contributed by atoms with Crippen LogP contribution in [0.3, 0.4) is 0 Å². The summed E-state index contributed by atoms with van der Waals surface area (Å²) in [6, 6.07) is 3.13. The number of hydrogen-bond donors (Lipinski definition) is 1. The first-order valence-corrected chi connectivity index (χ1v) is 10.1. The predicted molar refractivity (Wildman–Crippen MR) is 94.1 cm³/mol. The molecule has 0 saturated carbocycles. The van der Waals surface area contributed by atoms with Crippen LogP contribution >= 0.6 is 0 Å². The van der Waals surface area contributed by atoms with E-state index in [-0.39, 0.29) is 11.1 Å². The molecule has 4 heterocycles. The molecule has 1 N–H and O–H groups in total. The number of nitrogens with one attached hydrogen (secondary N) is 1. The van der Waals surface area contributed by atoms with Crippen LogP contribution in [0.25, 0.3) is 16.9 Å². The van der Waals surface area contributed by atoms with Crippen molar-refractivity contribution in [2.75, 3.05) is 19.3 Å². The zero-order valence-corrected chi connectivity index (χ0v) is 15.0. The van der Waals surface area contributed by atoms with Crippen LogP contribution < -0.4 is 10.1 Å². The minimum absolute atomic E-state index is 0.0234. The molecule has 0 radical (unpaired) electrons. The van der Waals surface area contributed by atoms with Gasteiger partial charge < -0.3 is 10.1 Å². The monoisotopic (exact) mass is 374 g/mol. The molecule has 4 rings (SSSR count). The highest BCUT2D eigenvalue weighted by Gasteiger charge is 2.19. The van der Waals surface area contributed by atoms with Crippen molar-refractivity contribution in [1.82, 2.24) is 29.8 Å². The first-order valence-electron chi connectivity index (χ1n) is 8.24. The molecule has 136 valence electrons. The molecule has 0 atom stereocenters. The Labute approximate surface area is 150 Å². The summed E-state index contributed by atoms with van der Waals surface area (Å²) < 4.78 is 30.9. The molecular formula is C16H18N6O3S. The Morgan fingerprint density at radius 1 is 1.15 bits per heavy atom. The van der Waals surface area contributed by atoms with Crippen molar-refractivity contribution in [1.29, 1.82) is 0 Å². The van der Waals surface area contributed by atoms with E-state index in [9.17, 15) is 8.42 Å². The number of sulfone groups is 1. The van der Waals surface area contributed by atoms with Gasteiger partial charge >= 0.3 is 0 Å². The molecule has 10 heteroatoms. The SMILES string of the molecule is CS(=O)(=O)c1ccc(-n2cnc3c(OC4CCNCC4)ncnc32)cn1. The van der Waals surface area contributed by atoms with Gasteiger partial charge in [0.2, 0.25) is 5.88 Å². The van der Waals surface area contributed by atoms with E-state index in [1.165, 1.54) is 18.6 Å². The van der Waals surface area contributed by atoms with Gasteiger partial charge in [-0.15, -0.1) is 0 Å². The summed E-state index contributed by atoms with van der Waals surface area (Å²) in [5.41, 5.74) is 1.81. The third-order valence-electron chi connectivity index (χ3n) is 4.24. The molecule has 0 bridgehead atoms. The summed E-state index contributed by atoms with van der Waals surface area (Å²) in [7, 11) is -3.34. The van der Waals surface area contributed by atoms with Gasteiger partial charge in [-0.1, -0.05) is 0 Å². The van der Waals surface area contributed by atoms with E-state index in [4.69, 9.17) is 4.74 Å². The Hall–Kier alpha value is -2.59. The molecule has 1 aliphatic heterocycles. The smallest absolute Gasteiger partial charge is 0.245 e. The number of aromatic nitrogens is 5. The van der Waals surface area contributed by atoms with Gasteiger partial charge in [0.15, 0.2) is 26.0 Å². The van der Waals surface area contributed by atoms with Crippen molar-refractivity contribution >= 4 is 21.0 Å². The molecule has 0 spiro atoms. The minimum Gasteiger partial charge on any atom is -0.473 e. The van der Waals surface area contributed by atoms with Gasteiger partial charge in [-0.3, -0.25) is 4.57 Å². The second-order valence-corrected chi connectivity index (χ2v) is 8.12. The van der Waals surface area contributed by atoms with Crippen LogP contribution in [-0.4, -0.2) is 58.4 Å². The van der Waals surface area contributed by atoms with Gasteiger partial charge in [0.25, 0.3) is 0 Å². The lowest BCUT2D eigenvalue weighted by Gasteiger charge is -2.23. The summed E-state index contributed by atoms with van der Waals surface area (Å²) in [5.74, 6) is 0.460. The summed E-state index contributed by atoms with van der Waals surface area (Å²) in [4.78, 5) is 16.9. The van der Waals surface area contributed by atoms with Gasteiger partial charge in [-0.25, -0.2) is 23.4 Å². The van der Waals surface area contributed by atoms with E-state index in [1.807, 2.05) is 0 Å². The van der Waals surface area contributed by atoms with E-state index in [2.05, 4.69) is 25.3 Å². The largest absolute Gasteiger partial charge is 0.473 e. The summed E-state index contributed by atoms with van der Waals surface area (Å²) in [6.07, 6.45) is 7.59. The Morgan fingerprint density at radius 3 is 2.65 bits per heavy atom. The Bertz CT molecular complexity index is 1030. The third kappa shape index (κ3) is 3.25. The van der Waals surface area contributed by atoms with Crippen molar-refractivity contribution in [2.45, 2.75) is 24.0 Å². The lowest BCUT2D eigenvalue weighted by molar-refractivity contribution is 0.158. The van der Waals surface area contributed by atoms with Crippen LogP contribution in [0, 0.1) is 0 Å². The third-order valence-corrected chi connectivity index (χ3v) is 5.24. The zero-order valence-electron chi connectivity index (χ0n) is 14.2. The number of rotatable bonds is 4. The zero-order chi connectivity index (χ0) is 18.1. The molecule has 3 aromatic heterocycles. The summed E-state index contributed by atoms with van der Waals surface area (Å²) in [6.45, 7) is 1.84. The highest BCUT2D eigenvalue weighted by Crippen LogP contribution is 2.24. The number of piperidine rings is 1. The van der Waals surface area contributed by atoms with Crippen molar-refractivity contribution < 1.29 is 13.2 Å². The fourth-order valence-corrected chi connectivity index (χ4v) is 3.45. The number of fused-ring (bicyclic) bond motifs is 1. The summed E-state index contributed by atoms with van der Waals surface area (Å²) >= 11 is 0. The van der Waals surface area contributed by atoms with Crippen LogP contribution in [0.4, 0.5) is 0 Å². The maximum atomic E-state index is 11.6. The molecule has 3 aromatic rings. The van der Waals surface area contributed by atoms with Crippen LogP contribution in [0.2, 0.25) is 0 Å². The van der Waals surface area contributed by atoms with E-state index in [0.29, 0.717) is 22.7 Å². The molecule has 1 fully saturated rings. The molecule has 9 nitrogen and oxygen atoms in total. The highest BCUT2D eigenvalue weighted by molar-refractivity contribution is 7.90. The first kappa shape index (κ1) is 16.9. The average Bonchev–Trinajstić information content (AvgIpc) is 3.07. The number of hydrogen-bond acceptors (Lipinski definition) is 8. The Balaban J connectivity index is 1.68. The van der Waals surface area contributed by atoms with Crippen molar-refractivity contribution in [2.24, 2.45) is 0 Å². The van der Waals surface area contributed by atoms with Crippen LogP contribution in [0.5, 0.6) is 5.88 Å². The number of ether oxygens (including phenoxy) is 1. The highest BCUT2D eigenvalue weighted by atomic mass is 32.2. The van der Waals surface area contributed by atoms with Gasteiger partial charge in [0.05, 0.1) is 11.9 Å². The lowest BCUT2D eigenvalue weighted by atomic mass is 10.1. The molecule has 0 amide bonds. The van der Waals surface area contributed by atoms with Gasteiger partial charge in [0.1, 0.15) is 18.8 Å². The molecule has 26 heavy (non-hydrogen) atoms. The van der Waals surface area contributed by atoms with E-state index >= 15 is 0 Å². The van der Waals surface area contributed by atoms with Crippen molar-refractivity contribution in [3.05, 3.63) is 31.0 Å². The standard InChI is InChI=1S/C16H18N6O3S/c1-26(23,24)13-3-2-11(8-18-13)22-10-21-14-15(22)19-9-20-16(14)25-12-4-6-17-7-5-12/h2-3,8-10,12,17H,4-7H2,1H3. The number of pyridine rings is 1. The van der Waals surface area contributed by atoms with Gasteiger partial charge in [0, 0.05) is 6.26 Å². The van der Waals surface area contributed by atoms with E-state index in [0.717, 1.165) is 32.2 Å². The second-order valence-electron chi connectivity index (χ2n) is 6.16. The number of nitrogens with zero attached hydrogens (tertiary/aromatic N) is 5. The van der Waals surface area contributed by atoms with Crippen molar-refractivity contribution in [3.63, 3.8) is 0 Å². The Kier molecular flexibility index (Phi) is 4.29. The topological polar surface area (TPSA) is 112 Å². The quantitative estimate of drug-likeness (QED) is 0.712. The molecule has 0 aliphatic carbocycles. The predicted octanol–water partition coefficient (Wildman–Crippen LogP) is 0.745. The molecule has 1 aliphatic rings. The van der Waals surface area contributed by atoms with Crippen molar-refractivity contribution in [3.8, 4) is 11.6 Å². The van der Waals surface area contributed by atoms with Gasteiger partial charge in [-0.05, 0) is 38.1 Å². The molecule has 1 saturated heterocycles. The Morgan fingerprint density at radius 2 is 1.96 bits per heavy atom. The summed E-state index contributed by atoms with van der Waals surface area (Å²) in [5, 5.41) is 3.32. The normalized spacial score (nSPS) is 16.0. The first-order chi connectivity index (χ1) is 12.5. The van der Waals surface area contributed by atoms with E-state index in [1.54, 1.807) is 17.0 Å². The fourth-order valence-electron chi connectivity index (χ4n) is 2.89. The molecular weight excluding hydrogens is 356 g/mol. The van der Waals surface area contributed by atoms with Crippen LogP contribution in [0.15, 0.2) is 36.0 Å². The van der Waals surface area contributed by atoms with Gasteiger partial charge in [-0.2, -0.15) is 4.98 Å². The number of imidazole rings is 1. The maximum Gasteiger partial charge on any atom is 0.245 e. The van der Waals surface area contributed by atoms with E-state index < -0.39 is 9.84 Å². The lowest BCUT2D eigenvalue weighted by Crippen LogP contribution is -2.34.